The fourth-order valence-electron chi connectivity index (χ4n) is 6.32. The second-order valence-corrected chi connectivity index (χ2v) is 19.4. The van der Waals surface area contributed by atoms with Crippen molar-refractivity contribution in [3.63, 3.8) is 0 Å². The molecule has 6 rings (SSSR count). The number of pyridine rings is 2. The Hall–Kier alpha value is -4.49. The number of carbonyl (C=O) groups is 2. The minimum Gasteiger partial charge on any atom is -0.432 e. The zero-order valence-electron chi connectivity index (χ0n) is 29.8. The Bertz CT molecular complexity index is 2000. The first-order valence-corrected chi connectivity index (χ1v) is 20.5. The van der Waals surface area contributed by atoms with E-state index in [1.807, 2.05) is 49.5 Å². The lowest BCUT2D eigenvalue weighted by atomic mass is 9.93. The molecule has 4 heterocycles. The second-order valence-electron chi connectivity index (χ2n) is 14.5. The molecule has 0 spiro atoms. The van der Waals surface area contributed by atoms with Gasteiger partial charge in [0, 0.05) is 61.9 Å². The molecule has 1 fully saturated rings. The summed E-state index contributed by atoms with van der Waals surface area (Å²) in [5.74, 6) is 0.317. The van der Waals surface area contributed by atoms with Gasteiger partial charge in [0.05, 0.1) is 18.8 Å². The van der Waals surface area contributed by atoms with Crippen molar-refractivity contribution in [3.8, 4) is 11.1 Å². The number of anilines is 3. The first-order chi connectivity index (χ1) is 24.2. The van der Waals surface area contributed by atoms with Crippen molar-refractivity contribution in [2.24, 2.45) is 7.05 Å². The first kappa shape index (κ1) is 36.3. The lowest BCUT2D eigenvalue weighted by Crippen LogP contribution is -2.40. The molecule has 51 heavy (non-hydrogen) atoms. The van der Waals surface area contributed by atoms with E-state index in [1.165, 1.54) is 10.8 Å². The highest BCUT2D eigenvalue weighted by molar-refractivity contribution is 6.72. The Morgan fingerprint density at radius 1 is 1.00 bits per heavy atom. The zero-order valence-corrected chi connectivity index (χ0v) is 31.5. The van der Waals surface area contributed by atoms with E-state index in [0.29, 0.717) is 80.0 Å². The maximum absolute atomic E-state index is 13.7. The Labute approximate surface area is 304 Å². The highest BCUT2D eigenvalue weighted by Gasteiger charge is 2.38. The van der Waals surface area contributed by atoms with Gasteiger partial charge in [0.15, 0.2) is 8.32 Å². The van der Waals surface area contributed by atoms with E-state index in [1.54, 1.807) is 41.2 Å². The van der Waals surface area contributed by atoms with Gasteiger partial charge < -0.3 is 34.5 Å². The summed E-state index contributed by atoms with van der Waals surface area (Å²) in [6.07, 6.45) is 4.57. The van der Waals surface area contributed by atoms with Crippen LogP contribution in [0.15, 0.2) is 71.8 Å². The minimum atomic E-state index is -2.54. The topological polar surface area (TPSA) is 129 Å². The van der Waals surface area contributed by atoms with Crippen LogP contribution in [-0.4, -0.2) is 70.7 Å². The number of ether oxygens (including phenoxy) is 1. The summed E-state index contributed by atoms with van der Waals surface area (Å²) in [7, 11) is -0.840. The van der Waals surface area contributed by atoms with Crippen LogP contribution in [0.1, 0.15) is 47.3 Å². The third kappa shape index (κ3) is 8.04. The van der Waals surface area contributed by atoms with Crippen molar-refractivity contribution < 1.29 is 19.1 Å². The summed E-state index contributed by atoms with van der Waals surface area (Å²) in [6.45, 7) is 11.1. The van der Waals surface area contributed by atoms with E-state index >= 15 is 0 Å². The van der Waals surface area contributed by atoms with Crippen LogP contribution in [-0.2, 0) is 31.3 Å². The van der Waals surface area contributed by atoms with Gasteiger partial charge >= 0.3 is 6.03 Å². The average Bonchev–Trinajstić information content (AvgIpc) is 3.53. The molecule has 4 aromatic rings. The third-order valence-corrected chi connectivity index (χ3v) is 14.1. The largest absolute Gasteiger partial charge is 0.432 e. The average molecular weight is 729 g/mol. The van der Waals surface area contributed by atoms with E-state index in [0.717, 1.165) is 27.8 Å². The monoisotopic (exact) mass is 728 g/mol. The normalized spacial score (nSPS) is 14.7. The van der Waals surface area contributed by atoms with Crippen molar-refractivity contribution >= 4 is 49.0 Å². The molecule has 2 aromatic heterocycles. The van der Waals surface area contributed by atoms with Gasteiger partial charge in [-0.25, -0.2) is 9.78 Å². The standard InChI is InChI=1S/C38H45ClN6O5Si/c1-38(2,51(4,5)49)14-13-31-30(7-6-8-32(31)42-37(48)45-23-26-9-11-29(39)19-27(26)24-45)28-20-33(36(47)43(3)22-28)41-34-12-10-25(21-40-34)35(46)44-15-17-50-18-16-44/h6-12,19-22,49H,13-18,23-24H2,1-5H3,(H,40,41)(H,42,48). The number of halogens is 1. The van der Waals surface area contributed by atoms with Crippen molar-refractivity contribution in [2.45, 2.75) is 57.9 Å². The van der Waals surface area contributed by atoms with Crippen LogP contribution in [0.3, 0.4) is 0 Å². The van der Waals surface area contributed by atoms with Gasteiger partial charge in [-0.05, 0) is 89.6 Å². The zero-order chi connectivity index (χ0) is 36.5. The number of nitrogens with zero attached hydrogens (tertiary/aromatic N) is 4. The number of benzene rings is 2. The summed E-state index contributed by atoms with van der Waals surface area (Å²) < 4.78 is 6.87. The molecule has 0 saturated carbocycles. The molecule has 3 N–H and O–H groups in total. The van der Waals surface area contributed by atoms with E-state index in [2.05, 4.69) is 29.5 Å². The number of hydrogen-bond donors (Lipinski definition) is 3. The third-order valence-electron chi connectivity index (χ3n) is 10.3. The molecule has 0 radical (unpaired) electrons. The Balaban J connectivity index is 1.30. The summed E-state index contributed by atoms with van der Waals surface area (Å²) >= 11 is 6.22. The molecule has 0 aliphatic carbocycles. The smallest absolute Gasteiger partial charge is 0.322 e. The Morgan fingerprint density at radius 3 is 2.45 bits per heavy atom. The molecule has 2 aromatic carbocycles. The van der Waals surface area contributed by atoms with Gasteiger partial charge in [-0.3, -0.25) is 9.59 Å². The number of carbonyl (C=O) groups excluding carboxylic acids is 2. The number of rotatable bonds is 9. The number of amides is 3. The number of urea groups is 1. The highest BCUT2D eigenvalue weighted by Crippen LogP contribution is 2.42. The predicted octanol–water partition coefficient (Wildman–Crippen LogP) is 6.77. The van der Waals surface area contributed by atoms with Gasteiger partial charge in [0.1, 0.15) is 11.5 Å². The second kappa shape index (κ2) is 14.6. The SMILES string of the molecule is Cn1cc(-c2cccc(NC(=O)N3Cc4ccc(Cl)cc4C3)c2CCC(C)(C)[Si](C)(C)O)cc(Nc2ccc(C(=O)N3CCOCC3)cn2)c1=O. The van der Waals surface area contributed by atoms with Crippen LogP contribution in [0.4, 0.5) is 22.0 Å². The molecule has 11 nitrogen and oxygen atoms in total. The van der Waals surface area contributed by atoms with Crippen LogP contribution in [0.25, 0.3) is 11.1 Å². The Kier molecular flexibility index (Phi) is 10.4. The maximum atomic E-state index is 13.7. The summed E-state index contributed by atoms with van der Waals surface area (Å²) in [5.41, 5.74) is 5.83. The van der Waals surface area contributed by atoms with Crippen molar-refractivity contribution in [2.75, 3.05) is 36.9 Å². The quantitative estimate of drug-likeness (QED) is 0.162. The highest BCUT2D eigenvalue weighted by atomic mass is 35.5. The van der Waals surface area contributed by atoms with Gasteiger partial charge in [0.2, 0.25) is 0 Å². The van der Waals surface area contributed by atoms with Gasteiger partial charge in [-0.2, -0.15) is 0 Å². The van der Waals surface area contributed by atoms with E-state index in [4.69, 9.17) is 16.3 Å². The molecule has 268 valence electrons. The Morgan fingerprint density at radius 2 is 1.75 bits per heavy atom. The molecule has 2 aliphatic rings. The number of aromatic nitrogens is 2. The van der Waals surface area contributed by atoms with Crippen molar-refractivity contribution in [3.05, 3.63) is 105 Å². The van der Waals surface area contributed by atoms with Gasteiger partial charge in [0.25, 0.3) is 11.5 Å². The summed E-state index contributed by atoms with van der Waals surface area (Å²) in [4.78, 5) is 59.0. The fourth-order valence-corrected chi connectivity index (χ4v) is 7.25. The molecule has 0 unspecified atom stereocenters. The lowest BCUT2D eigenvalue weighted by molar-refractivity contribution is 0.0302. The van der Waals surface area contributed by atoms with Crippen LogP contribution < -0.4 is 16.2 Å². The van der Waals surface area contributed by atoms with Crippen LogP contribution in [0.2, 0.25) is 23.2 Å². The van der Waals surface area contributed by atoms with Crippen LogP contribution in [0.5, 0.6) is 0 Å². The van der Waals surface area contributed by atoms with Gasteiger partial charge in [-0.15, -0.1) is 0 Å². The summed E-state index contributed by atoms with van der Waals surface area (Å²) in [5, 5.41) is 6.66. The minimum absolute atomic E-state index is 0.108. The number of aryl methyl sites for hydroxylation is 1. The van der Waals surface area contributed by atoms with Crippen LogP contribution >= 0.6 is 11.6 Å². The van der Waals surface area contributed by atoms with E-state index in [9.17, 15) is 19.2 Å². The molecule has 2 aliphatic heterocycles. The summed E-state index contributed by atoms with van der Waals surface area (Å²) in [6, 6.07) is 16.4. The van der Waals surface area contributed by atoms with E-state index < -0.39 is 8.32 Å². The molecule has 0 atom stereocenters. The first-order valence-electron chi connectivity index (χ1n) is 17.2. The molecule has 0 bridgehead atoms. The number of hydrogen-bond acceptors (Lipinski definition) is 7. The van der Waals surface area contributed by atoms with Gasteiger partial charge in [-0.1, -0.05) is 43.6 Å². The van der Waals surface area contributed by atoms with Crippen molar-refractivity contribution in [1.82, 2.24) is 19.4 Å². The molecular weight excluding hydrogens is 684 g/mol. The number of fused-ring (bicyclic) bond motifs is 1. The fraction of sp³-hybridized carbons (Fsp3) is 0.368. The lowest BCUT2D eigenvalue weighted by Gasteiger charge is -2.35. The molecule has 1 saturated heterocycles. The number of nitrogens with one attached hydrogen (secondary N) is 2. The van der Waals surface area contributed by atoms with Crippen molar-refractivity contribution in [1.29, 1.82) is 0 Å². The van der Waals surface area contributed by atoms with Crippen LogP contribution in [0, 0.1) is 0 Å². The molecular formula is C38H45ClN6O5Si. The van der Waals surface area contributed by atoms with E-state index in [-0.39, 0.29) is 22.5 Å². The maximum Gasteiger partial charge on any atom is 0.322 e. The molecule has 13 heteroatoms. The number of morpholine rings is 1. The predicted molar refractivity (Wildman–Crippen MR) is 203 cm³/mol. The molecule has 3 amide bonds.